The van der Waals surface area contributed by atoms with E-state index in [9.17, 15) is 4.79 Å². The zero-order valence-corrected chi connectivity index (χ0v) is 11.1. The zero-order chi connectivity index (χ0) is 13.8. The highest BCUT2D eigenvalue weighted by Gasteiger charge is 2.10. The lowest BCUT2D eigenvalue weighted by Crippen LogP contribution is -2.26. The Kier molecular flexibility index (Phi) is 3.79. The van der Waals surface area contributed by atoms with Gasteiger partial charge in [0.25, 0.3) is 5.91 Å². The maximum atomic E-state index is 11.9. The van der Waals surface area contributed by atoms with Crippen molar-refractivity contribution in [2.45, 2.75) is 13.3 Å². The van der Waals surface area contributed by atoms with Crippen molar-refractivity contribution in [3.8, 4) is 0 Å². The van der Waals surface area contributed by atoms with Crippen molar-refractivity contribution in [1.82, 2.24) is 20.1 Å². The van der Waals surface area contributed by atoms with E-state index in [0.29, 0.717) is 24.2 Å². The van der Waals surface area contributed by atoms with Crippen LogP contribution in [0.1, 0.15) is 21.7 Å². The molecule has 0 aromatic carbocycles. The molecular weight excluding hydrogens is 242 g/mol. The molecule has 0 atom stereocenters. The molecule has 0 bridgehead atoms. The number of rotatable bonds is 4. The van der Waals surface area contributed by atoms with Crippen molar-refractivity contribution in [2.24, 2.45) is 7.05 Å². The number of nitrogens with zero attached hydrogens (tertiary/aromatic N) is 3. The molecule has 3 N–H and O–H groups in total. The molecule has 2 heterocycles. The quantitative estimate of drug-likeness (QED) is 0.845. The zero-order valence-electron chi connectivity index (χ0n) is 11.1. The van der Waals surface area contributed by atoms with Gasteiger partial charge in [-0.3, -0.25) is 14.5 Å². The van der Waals surface area contributed by atoms with Crippen LogP contribution in [0.25, 0.3) is 0 Å². The van der Waals surface area contributed by atoms with E-state index in [0.717, 1.165) is 11.4 Å². The minimum absolute atomic E-state index is 0.207. The molecule has 0 radical (unpaired) electrons. The lowest BCUT2D eigenvalue weighted by Gasteiger charge is -2.07. The SMILES string of the molecule is Cc1cc(N)c(C(=O)NCCc2ccn(C)n2)cn1. The van der Waals surface area contributed by atoms with Crippen LogP contribution in [0.4, 0.5) is 5.69 Å². The third-order valence-corrected chi connectivity index (χ3v) is 2.75. The highest BCUT2D eigenvalue weighted by Crippen LogP contribution is 2.10. The average molecular weight is 259 g/mol. The van der Waals surface area contributed by atoms with Crippen LogP contribution in [0, 0.1) is 6.92 Å². The minimum atomic E-state index is -0.207. The van der Waals surface area contributed by atoms with Crippen molar-refractivity contribution < 1.29 is 4.79 Å². The summed E-state index contributed by atoms with van der Waals surface area (Å²) < 4.78 is 1.74. The van der Waals surface area contributed by atoms with Crippen LogP contribution in [0.2, 0.25) is 0 Å². The number of nitrogens with two attached hydrogens (primary N) is 1. The summed E-state index contributed by atoms with van der Waals surface area (Å²) in [5.41, 5.74) is 8.38. The van der Waals surface area contributed by atoms with E-state index in [4.69, 9.17) is 5.73 Å². The van der Waals surface area contributed by atoms with E-state index in [1.807, 2.05) is 26.2 Å². The summed E-state index contributed by atoms with van der Waals surface area (Å²) in [7, 11) is 1.86. The number of hydrogen-bond donors (Lipinski definition) is 2. The third-order valence-electron chi connectivity index (χ3n) is 2.75. The van der Waals surface area contributed by atoms with Crippen LogP contribution < -0.4 is 11.1 Å². The molecule has 2 aromatic heterocycles. The Morgan fingerprint density at radius 2 is 2.32 bits per heavy atom. The number of carbonyl (C=O) groups is 1. The molecule has 1 amide bonds. The summed E-state index contributed by atoms with van der Waals surface area (Å²) in [4.78, 5) is 16.0. The van der Waals surface area contributed by atoms with Gasteiger partial charge in [0.2, 0.25) is 0 Å². The van der Waals surface area contributed by atoms with Crippen molar-refractivity contribution in [2.75, 3.05) is 12.3 Å². The van der Waals surface area contributed by atoms with Gasteiger partial charge in [0.15, 0.2) is 0 Å². The second kappa shape index (κ2) is 5.51. The van der Waals surface area contributed by atoms with Crippen LogP contribution >= 0.6 is 0 Å². The molecule has 0 fully saturated rings. The lowest BCUT2D eigenvalue weighted by molar-refractivity contribution is 0.0954. The van der Waals surface area contributed by atoms with E-state index >= 15 is 0 Å². The number of carbonyl (C=O) groups excluding carboxylic acids is 1. The van der Waals surface area contributed by atoms with E-state index in [1.165, 1.54) is 6.20 Å². The predicted molar refractivity (Wildman–Crippen MR) is 72.6 cm³/mol. The number of aryl methyl sites for hydroxylation is 2. The topological polar surface area (TPSA) is 85.8 Å². The van der Waals surface area contributed by atoms with Crippen LogP contribution in [0.15, 0.2) is 24.5 Å². The molecule has 0 saturated carbocycles. The van der Waals surface area contributed by atoms with Crippen LogP contribution in [0.3, 0.4) is 0 Å². The van der Waals surface area contributed by atoms with Crippen molar-refractivity contribution in [3.05, 3.63) is 41.5 Å². The monoisotopic (exact) mass is 259 g/mol. The Labute approximate surface area is 111 Å². The number of nitrogen functional groups attached to an aromatic ring is 1. The maximum Gasteiger partial charge on any atom is 0.254 e. The molecule has 2 aromatic rings. The minimum Gasteiger partial charge on any atom is -0.398 e. The molecule has 0 aliphatic carbocycles. The summed E-state index contributed by atoms with van der Waals surface area (Å²) in [5, 5.41) is 7.05. The number of pyridine rings is 1. The second-order valence-corrected chi connectivity index (χ2v) is 4.40. The van der Waals surface area contributed by atoms with Crippen LogP contribution in [0.5, 0.6) is 0 Å². The predicted octanol–water partition coefficient (Wildman–Crippen LogP) is 0.678. The Morgan fingerprint density at radius 1 is 1.53 bits per heavy atom. The van der Waals surface area contributed by atoms with Gasteiger partial charge in [-0.05, 0) is 19.1 Å². The molecule has 0 spiro atoms. The molecule has 2 rings (SSSR count). The first-order chi connectivity index (χ1) is 9.06. The molecular formula is C13H17N5O. The molecule has 6 nitrogen and oxygen atoms in total. The number of amides is 1. The fourth-order valence-electron chi connectivity index (χ4n) is 1.77. The van der Waals surface area contributed by atoms with Crippen molar-refractivity contribution >= 4 is 11.6 Å². The Bertz CT molecular complexity index is 590. The first kappa shape index (κ1) is 13.1. The Morgan fingerprint density at radius 3 is 2.95 bits per heavy atom. The number of hydrogen-bond acceptors (Lipinski definition) is 4. The fourth-order valence-corrected chi connectivity index (χ4v) is 1.77. The van der Waals surface area contributed by atoms with Gasteiger partial charge in [-0.1, -0.05) is 0 Å². The molecule has 0 aliphatic heterocycles. The highest BCUT2D eigenvalue weighted by atomic mass is 16.1. The van der Waals surface area contributed by atoms with E-state index < -0.39 is 0 Å². The molecule has 0 unspecified atom stereocenters. The largest absolute Gasteiger partial charge is 0.398 e. The average Bonchev–Trinajstić information content (AvgIpc) is 2.75. The normalized spacial score (nSPS) is 10.4. The Balaban J connectivity index is 1.90. The standard InChI is InChI=1S/C13H17N5O/c1-9-7-12(14)11(8-16-9)13(19)15-5-3-10-4-6-18(2)17-10/h4,6-8H,3,5H2,1-2H3,(H2,14,16)(H,15,19). The van der Waals surface area contributed by atoms with E-state index in [1.54, 1.807) is 10.7 Å². The number of anilines is 1. The first-order valence-corrected chi connectivity index (χ1v) is 6.05. The van der Waals surface area contributed by atoms with Gasteiger partial charge in [0.05, 0.1) is 11.3 Å². The summed E-state index contributed by atoms with van der Waals surface area (Å²) >= 11 is 0. The maximum absolute atomic E-state index is 11.9. The molecule has 6 heteroatoms. The van der Waals surface area contributed by atoms with Gasteiger partial charge < -0.3 is 11.1 Å². The van der Waals surface area contributed by atoms with Gasteiger partial charge in [-0.2, -0.15) is 5.10 Å². The molecule has 0 saturated heterocycles. The van der Waals surface area contributed by atoms with Crippen molar-refractivity contribution in [3.63, 3.8) is 0 Å². The van der Waals surface area contributed by atoms with E-state index in [-0.39, 0.29) is 5.91 Å². The Hall–Kier alpha value is -2.37. The van der Waals surface area contributed by atoms with Crippen LogP contribution in [-0.2, 0) is 13.5 Å². The van der Waals surface area contributed by atoms with Gasteiger partial charge >= 0.3 is 0 Å². The van der Waals surface area contributed by atoms with Gasteiger partial charge in [-0.25, -0.2) is 0 Å². The van der Waals surface area contributed by atoms with Gasteiger partial charge in [0.1, 0.15) is 0 Å². The summed E-state index contributed by atoms with van der Waals surface area (Å²) in [6.07, 6.45) is 4.06. The molecule has 100 valence electrons. The van der Waals surface area contributed by atoms with Gasteiger partial charge in [0, 0.05) is 43.8 Å². The van der Waals surface area contributed by atoms with Gasteiger partial charge in [-0.15, -0.1) is 0 Å². The molecule has 0 aliphatic rings. The number of aromatic nitrogens is 3. The summed E-state index contributed by atoms with van der Waals surface area (Å²) in [5.74, 6) is -0.207. The second-order valence-electron chi connectivity index (χ2n) is 4.40. The van der Waals surface area contributed by atoms with Crippen molar-refractivity contribution in [1.29, 1.82) is 0 Å². The lowest BCUT2D eigenvalue weighted by atomic mass is 10.2. The summed E-state index contributed by atoms with van der Waals surface area (Å²) in [6, 6.07) is 3.61. The number of nitrogens with one attached hydrogen (secondary N) is 1. The van der Waals surface area contributed by atoms with Crippen LogP contribution in [-0.4, -0.2) is 27.2 Å². The third kappa shape index (κ3) is 3.31. The van der Waals surface area contributed by atoms with E-state index in [2.05, 4.69) is 15.4 Å². The smallest absolute Gasteiger partial charge is 0.254 e. The first-order valence-electron chi connectivity index (χ1n) is 6.05. The summed E-state index contributed by atoms with van der Waals surface area (Å²) in [6.45, 7) is 2.35. The highest BCUT2D eigenvalue weighted by molar-refractivity contribution is 5.98. The molecule has 19 heavy (non-hydrogen) atoms. The fraction of sp³-hybridized carbons (Fsp3) is 0.308.